The summed E-state index contributed by atoms with van der Waals surface area (Å²) in [6.45, 7) is 0. The Kier molecular flexibility index (Phi) is 3.56. The molecular formula is C15H9Cl2NS. The van der Waals surface area contributed by atoms with Gasteiger partial charge in [-0.2, -0.15) is 0 Å². The summed E-state index contributed by atoms with van der Waals surface area (Å²) in [5.41, 5.74) is 1.96. The van der Waals surface area contributed by atoms with Crippen LogP contribution in [0.5, 0.6) is 0 Å². The molecule has 1 heterocycles. The van der Waals surface area contributed by atoms with Crippen molar-refractivity contribution in [3.05, 3.63) is 63.1 Å². The number of para-hydroxylation sites is 1. The van der Waals surface area contributed by atoms with E-state index in [9.17, 15) is 0 Å². The second kappa shape index (κ2) is 5.33. The van der Waals surface area contributed by atoms with Crippen LogP contribution in [0.25, 0.3) is 22.4 Å². The summed E-state index contributed by atoms with van der Waals surface area (Å²) in [4.78, 5) is 4.54. The third-order valence-corrected chi connectivity index (χ3v) is 4.24. The lowest BCUT2D eigenvalue weighted by atomic mass is 10.2. The van der Waals surface area contributed by atoms with Crippen LogP contribution in [0.15, 0.2) is 42.5 Å². The maximum Gasteiger partial charge on any atom is 0.117 e. The van der Waals surface area contributed by atoms with Crippen molar-refractivity contribution in [2.24, 2.45) is 0 Å². The molecule has 0 radical (unpaired) electrons. The molecule has 0 atom stereocenters. The highest BCUT2D eigenvalue weighted by atomic mass is 35.5. The van der Waals surface area contributed by atoms with Crippen molar-refractivity contribution in [1.82, 2.24) is 4.98 Å². The Morgan fingerprint density at radius 1 is 1.00 bits per heavy atom. The molecule has 0 N–H and O–H groups in total. The normalized spacial score (nSPS) is 11.5. The first kappa shape index (κ1) is 12.7. The van der Waals surface area contributed by atoms with Crippen molar-refractivity contribution in [3.63, 3.8) is 0 Å². The van der Waals surface area contributed by atoms with Gasteiger partial charge in [0.1, 0.15) is 5.01 Å². The molecule has 1 aromatic heterocycles. The van der Waals surface area contributed by atoms with E-state index in [1.807, 2.05) is 42.5 Å². The zero-order chi connectivity index (χ0) is 13.2. The third kappa shape index (κ3) is 2.81. The number of hydrogen-bond acceptors (Lipinski definition) is 2. The average molecular weight is 306 g/mol. The van der Waals surface area contributed by atoms with Gasteiger partial charge in [0, 0.05) is 10.0 Å². The van der Waals surface area contributed by atoms with Crippen LogP contribution in [0.4, 0.5) is 0 Å². The van der Waals surface area contributed by atoms with E-state index in [1.165, 1.54) is 4.70 Å². The summed E-state index contributed by atoms with van der Waals surface area (Å²) in [6, 6.07) is 13.6. The SMILES string of the molecule is Clc1ccc(C=Cc2nc3ccccc3s2)c(Cl)c1. The van der Waals surface area contributed by atoms with Crippen molar-refractivity contribution in [2.75, 3.05) is 0 Å². The second-order valence-electron chi connectivity index (χ2n) is 4.02. The fourth-order valence-electron chi connectivity index (χ4n) is 1.76. The molecule has 3 rings (SSSR count). The third-order valence-electron chi connectivity index (χ3n) is 2.68. The van der Waals surface area contributed by atoms with Crippen molar-refractivity contribution in [1.29, 1.82) is 0 Å². The Balaban J connectivity index is 1.93. The van der Waals surface area contributed by atoms with E-state index >= 15 is 0 Å². The molecular weight excluding hydrogens is 297 g/mol. The standard InChI is InChI=1S/C15H9Cl2NS/c16-11-7-5-10(12(17)9-11)6-8-15-18-13-3-1-2-4-14(13)19-15/h1-9H. The molecule has 0 amide bonds. The zero-order valence-electron chi connectivity index (χ0n) is 9.81. The van der Waals surface area contributed by atoms with Crippen molar-refractivity contribution in [2.45, 2.75) is 0 Å². The Morgan fingerprint density at radius 3 is 2.63 bits per heavy atom. The summed E-state index contributed by atoms with van der Waals surface area (Å²) in [7, 11) is 0. The summed E-state index contributed by atoms with van der Waals surface area (Å²) >= 11 is 13.6. The number of nitrogens with zero attached hydrogens (tertiary/aromatic N) is 1. The van der Waals surface area contributed by atoms with Gasteiger partial charge in [0.15, 0.2) is 0 Å². The van der Waals surface area contributed by atoms with Gasteiger partial charge in [-0.3, -0.25) is 0 Å². The first-order valence-electron chi connectivity index (χ1n) is 5.71. The molecule has 4 heteroatoms. The van der Waals surface area contributed by atoms with Crippen molar-refractivity contribution < 1.29 is 0 Å². The van der Waals surface area contributed by atoms with Crippen LogP contribution in [0.1, 0.15) is 10.6 Å². The minimum Gasteiger partial charge on any atom is -0.237 e. The van der Waals surface area contributed by atoms with E-state index in [2.05, 4.69) is 11.1 Å². The van der Waals surface area contributed by atoms with E-state index in [0.29, 0.717) is 10.0 Å². The van der Waals surface area contributed by atoms with Gasteiger partial charge in [-0.05, 0) is 35.9 Å². The molecule has 0 unspecified atom stereocenters. The molecule has 0 aliphatic carbocycles. The molecule has 0 saturated carbocycles. The van der Waals surface area contributed by atoms with Gasteiger partial charge in [-0.25, -0.2) is 4.98 Å². The quantitative estimate of drug-likeness (QED) is 0.585. The van der Waals surface area contributed by atoms with Crippen LogP contribution in [-0.2, 0) is 0 Å². The van der Waals surface area contributed by atoms with E-state index in [-0.39, 0.29) is 0 Å². The number of benzene rings is 2. The Hall–Kier alpha value is -1.35. The molecule has 3 aromatic rings. The van der Waals surface area contributed by atoms with Gasteiger partial charge < -0.3 is 0 Å². The number of fused-ring (bicyclic) bond motifs is 1. The lowest BCUT2D eigenvalue weighted by Crippen LogP contribution is -1.75. The predicted octanol–water partition coefficient (Wildman–Crippen LogP) is 5.77. The predicted molar refractivity (Wildman–Crippen MR) is 85.0 cm³/mol. The lowest BCUT2D eigenvalue weighted by molar-refractivity contribution is 1.46. The number of rotatable bonds is 2. The van der Waals surface area contributed by atoms with Crippen LogP contribution < -0.4 is 0 Å². The van der Waals surface area contributed by atoms with Gasteiger partial charge >= 0.3 is 0 Å². The van der Waals surface area contributed by atoms with Crippen LogP contribution in [-0.4, -0.2) is 4.98 Å². The number of thiazole rings is 1. The molecule has 2 aromatic carbocycles. The molecule has 1 nitrogen and oxygen atoms in total. The smallest absolute Gasteiger partial charge is 0.117 e. The molecule has 0 bridgehead atoms. The van der Waals surface area contributed by atoms with Crippen LogP contribution in [0.3, 0.4) is 0 Å². The van der Waals surface area contributed by atoms with Crippen LogP contribution >= 0.6 is 34.5 Å². The fraction of sp³-hybridized carbons (Fsp3) is 0. The average Bonchev–Trinajstić information content (AvgIpc) is 2.80. The molecule has 94 valence electrons. The number of hydrogen-bond donors (Lipinski definition) is 0. The largest absolute Gasteiger partial charge is 0.237 e. The van der Waals surface area contributed by atoms with Gasteiger partial charge in [0.25, 0.3) is 0 Å². The Morgan fingerprint density at radius 2 is 1.84 bits per heavy atom. The molecule has 0 fully saturated rings. The fourth-order valence-corrected chi connectivity index (χ4v) is 3.10. The minimum absolute atomic E-state index is 0.641. The molecule has 19 heavy (non-hydrogen) atoms. The molecule has 0 saturated heterocycles. The van der Waals surface area contributed by atoms with Gasteiger partial charge in [-0.15, -0.1) is 11.3 Å². The maximum atomic E-state index is 6.12. The van der Waals surface area contributed by atoms with Gasteiger partial charge in [0.05, 0.1) is 10.2 Å². The second-order valence-corrected chi connectivity index (χ2v) is 5.92. The van der Waals surface area contributed by atoms with E-state index in [4.69, 9.17) is 23.2 Å². The van der Waals surface area contributed by atoms with E-state index in [1.54, 1.807) is 17.4 Å². The zero-order valence-corrected chi connectivity index (χ0v) is 12.1. The maximum absolute atomic E-state index is 6.12. The van der Waals surface area contributed by atoms with Crippen molar-refractivity contribution in [3.8, 4) is 0 Å². The summed E-state index contributed by atoms with van der Waals surface area (Å²) in [5, 5.41) is 2.25. The summed E-state index contributed by atoms with van der Waals surface area (Å²) < 4.78 is 1.18. The summed E-state index contributed by atoms with van der Waals surface area (Å²) in [6.07, 6.45) is 3.93. The molecule has 0 aliphatic rings. The lowest BCUT2D eigenvalue weighted by Gasteiger charge is -1.97. The monoisotopic (exact) mass is 305 g/mol. The number of aromatic nitrogens is 1. The first-order chi connectivity index (χ1) is 9.22. The highest BCUT2D eigenvalue weighted by Gasteiger charge is 2.01. The first-order valence-corrected chi connectivity index (χ1v) is 7.28. The van der Waals surface area contributed by atoms with Gasteiger partial charge in [0.2, 0.25) is 0 Å². The molecule has 0 spiro atoms. The Labute approximate surface area is 125 Å². The van der Waals surface area contributed by atoms with Gasteiger partial charge in [-0.1, -0.05) is 47.5 Å². The highest BCUT2D eigenvalue weighted by molar-refractivity contribution is 7.19. The molecule has 0 aliphatic heterocycles. The van der Waals surface area contributed by atoms with E-state index in [0.717, 1.165) is 16.1 Å². The Bertz CT molecular complexity index is 729. The minimum atomic E-state index is 0.641. The van der Waals surface area contributed by atoms with Crippen LogP contribution in [0.2, 0.25) is 10.0 Å². The highest BCUT2D eigenvalue weighted by Crippen LogP contribution is 2.25. The van der Waals surface area contributed by atoms with E-state index < -0.39 is 0 Å². The summed E-state index contributed by atoms with van der Waals surface area (Å²) in [5.74, 6) is 0. The van der Waals surface area contributed by atoms with Crippen LogP contribution in [0, 0.1) is 0 Å². The van der Waals surface area contributed by atoms with Crippen molar-refractivity contribution >= 4 is 56.9 Å². The number of halogens is 2. The topological polar surface area (TPSA) is 12.9 Å².